The molecule has 2 amide bonds. The zero-order valence-corrected chi connectivity index (χ0v) is 10.1. The summed E-state index contributed by atoms with van der Waals surface area (Å²) >= 11 is 1.38. The zero-order valence-electron chi connectivity index (χ0n) is 9.32. The average molecular weight is 235 g/mol. The first-order chi connectivity index (χ1) is 7.58. The quantitative estimate of drug-likeness (QED) is 0.698. The summed E-state index contributed by atoms with van der Waals surface area (Å²) < 4.78 is 0. The van der Waals surface area contributed by atoms with E-state index in [4.69, 9.17) is 0 Å². The van der Waals surface area contributed by atoms with Crippen molar-refractivity contribution in [3.63, 3.8) is 0 Å². The maximum Gasteiger partial charge on any atom is 0.243 e. The van der Waals surface area contributed by atoms with Crippen LogP contribution in [0, 0.1) is 13.8 Å². The summed E-state index contributed by atoms with van der Waals surface area (Å²) in [4.78, 5) is 24.7. The van der Waals surface area contributed by atoms with Crippen LogP contribution in [0.1, 0.15) is 11.1 Å². The Morgan fingerprint density at radius 3 is 2.00 bits per heavy atom. The van der Waals surface area contributed by atoms with Gasteiger partial charge in [0.15, 0.2) is 0 Å². The predicted molar refractivity (Wildman–Crippen MR) is 65.7 cm³/mol. The van der Waals surface area contributed by atoms with Crippen molar-refractivity contribution in [3.8, 4) is 0 Å². The highest BCUT2D eigenvalue weighted by atomic mass is 32.2. The Morgan fingerprint density at radius 1 is 1.00 bits per heavy atom. The molecule has 16 heavy (non-hydrogen) atoms. The molecule has 3 nitrogen and oxygen atoms in total. The minimum Gasteiger partial charge on any atom is -0.273 e. The molecule has 0 bridgehead atoms. The van der Waals surface area contributed by atoms with E-state index in [-0.39, 0.29) is 11.8 Å². The van der Waals surface area contributed by atoms with Crippen molar-refractivity contribution < 1.29 is 9.59 Å². The van der Waals surface area contributed by atoms with Gasteiger partial charge < -0.3 is 0 Å². The minimum absolute atomic E-state index is 0.119. The van der Waals surface area contributed by atoms with Crippen LogP contribution >= 0.6 is 11.8 Å². The number of carbonyl (C=O) groups is 2. The maximum absolute atomic E-state index is 11.7. The molecule has 0 saturated carbocycles. The van der Waals surface area contributed by atoms with Crippen molar-refractivity contribution in [3.05, 3.63) is 29.3 Å². The van der Waals surface area contributed by atoms with E-state index in [2.05, 4.69) is 0 Å². The van der Waals surface area contributed by atoms with Gasteiger partial charge in [-0.1, -0.05) is 6.07 Å². The van der Waals surface area contributed by atoms with Crippen LogP contribution in [0.3, 0.4) is 0 Å². The molecule has 1 aromatic rings. The van der Waals surface area contributed by atoms with Gasteiger partial charge in [0, 0.05) is 0 Å². The van der Waals surface area contributed by atoms with E-state index in [1.165, 1.54) is 16.7 Å². The molecule has 1 aliphatic rings. The fourth-order valence-electron chi connectivity index (χ4n) is 1.86. The SMILES string of the molecule is Cc1cc(C)cc(N2C(=O)CSCC2=O)c1. The summed E-state index contributed by atoms with van der Waals surface area (Å²) in [5.74, 6) is 0.537. The maximum atomic E-state index is 11.7. The molecule has 2 rings (SSSR count). The third-order valence-electron chi connectivity index (χ3n) is 2.41. The molecule has 0 radical (unpaired) electrons. The molecule has 1 heterocycles. The van der Waals surface area contributed by atoms with E-state index < -0.39 is 0 Å². The third kappa shape index (κ3) is 2.11. The summed E-state index contributed by atoms with van der Waals surface area (Å²) in [6.45, 7) is 3.92. The summed E-state index contributed by atoms with van der Waals surface area (Å²) in [6, 6.07) is 5.77. The molecule has 1 aromatic carbocycles. The number of benzene rings is 1. The highest BCUT2D eigenvalue weighted by Gasteiger charge is 2.27. The average Bonchev–Trinajstić information content (AvgIpc) is 2.15. The van der Waals surface area contributed by atoms with E-state index >= 15 is 0 Å². The first-order valence-corrected chi connectivity index (χ1v) is 6.25. The molecule has 1 aliphatic heterocycles. The minimum atomic E-state index is -0.119. The second-order valence-corrected chi connectivity index (χ2v) is 4.95. The second-order valence-electron chi connectivity index (χ2n) is 3.96. The number of thioether (sulfide) groups is 1. The van der Waals surface area contributed by atoms with E-state index in [1.807, 2.05) is 32.0 Å². The molecule has 0 unspecified atom stereocenters. The second kappa shape index (κ2) is 4.29. The van der Waals surface area contributed by atoms with E-state index in [9.17, 15) is 9.59 Å². The molecule has 0 spiro atoms. The molecule has 0 aromatic heterocycles. The van der Waals surface area contributed by atoms with Gasteiger partial charge >= 0.3 is 0 Å². The number of carbonyl (C=O) groups excluding carboxylic acids is 2. The number of hydrogen-bond donors (Lipinski definition) is 0. The first kappa shape index (κ1) is 11.2. The van der Waals surface area contributed by atoms with Crippen LogP contribution in [0.2, 0.25) is 0 Å². The number of rotatable bonds is 1. The first-order valence-electron chi connectivity index (χ1n) is 5.10. The molecule has 1 saturated heterocycles. The van der Waals surface area contributed by atoms with Crippen LogP contribution in [0.15, 0.2) is 18.2 Å². The van der Waals surface area contributed by atoms with Crippen molar-refractivity contribution >= 4 is 29.3 Å². The largest absolute Gasteiger partial charge is 0.273 e. The lowest BCUT2D eigenvalue weighted by molar-refractivity contribution is -0.124. The standard InChI is InChI=1S/C12H13NO2S/c1-8-3-9(2)5-10(4-8)13-11(14)6-16-7-12(13)15/h3-5H,6-7H2,1-2H3. The van der Waals surface area contributed by atoms with Gasteiger partial charge in [0.2, 0.25) is 11.8 Å². The fourth-order valence-corrected chi connectivity index (χ4v) is 2.57. The van der Waals surface area contributed by atoms with Crippen molar-refractivity contribution in [1.82, 2.24) is 0 Å². The highest BCUT2D eigenvalue weighted by Crippen LogP contribution is 2.23. The zero-order chi connectivity index (χ0) is 11.7. The number of hydrogen-bond acceptors (Lipinski definition) is 3. The van der Waals surface area contributed by atoms with Gasteiger partial charge in [-0.25, -0.2) is 4.90 Å². The number of aryl methyl sites for hydroxylation is 2. The van der Waals surface area contributed by atoms with Gasteiger partial charge in [-0.05, 0) is 37.1 Å². The Labute approximate surface area is 98.8 Å². The van der Waals surface area contributed by atoms with Crippen molar-refractivity contribution in [2.24, 2.45) is 0 Å². The number of anilines is 1. The summed E-state index contributed by atoms with van der Waals surface area (Å²) in [6.07, 6.45) is 0. The van der Waals surface area contributed by atoms with Gasteiger partial charge in [-0.3, -0.25) is 9.59 Å². The Morgan fingerprint density at radius 2 is 1.50 bits per heavy atom. The monoisotopic (exact) mass is 235 g/mol. The number of amides is 2. The van der Waals surface area contributed by atoms with Gasteiger partial charge in [-0.2, -0.15) is 0 Å². The van der Waals surface area contributed by atoms with Gasteiger partial charge in [0.1, 0.15) is 0 Å². The Bertz CT molecular complexity index is 420. The fraction of sp³-hybridized carbons (Fsp3) is 0.333. The molecule has 1 fully saturated rings. The van der Waals surface area contributed by atoms with Crippen molar-refractivity contribution in [2.45, 2.75) is 13.8 Å². The van der Waals surface area contributed by atoms with E-state index in [0.29, 0.717) is 17.2 Å². The van der Waals surface area contributed by atoms with E-state index in [0.717, 1.165) is 11.1 Å². The highest BCUT2D eigenvalue weighted by molar-refractivity contribution is 8.00. The van der Waals surface area contributed by atoms with Crippen molar-refractivity contribution in [2.75, 3.05) is 16.4 Å². The Hall–Kier alpha value is -1.29. The number of nitrogens with zero attached hydrogens (tertiary/aromatic N) is 1. The van der Waals surface area contributed by atoms with Gasteiger partial charge in [0.05, 0.1) is 17.2 Å². The summed E-state index contributed by atoms with van der Waals surface area (Å²) in [7, 11) is 0. The molecule has 0 atom stereocenters. The van der Waals surface area contributed by atoms with Crippen LogP contribution in [-0.2, 0) is 9.59 Å². The van der Waals surface area contributed by atoms with Crippen LogP contribution < -0.4 is 4.90 Å². The summed E-state index contributed by atoms with van der Waals surface area (Å²) in [5.41, 5.74) is 2.83. The van der Waals surface area contributed by atoms with Crippen LogP contribution in [0.5, 0.6) is 0 Å². The molecular formula is C12H13NO2S. The predicted octanol–water partition coefficient (Wildman–Crippen LogP) is 1.91. The topological polar surface area (TPSA) is 37.4 Å². The van der Waals surface area contributed by atoms with Gasteiger partial charge in [0.25, 0.3) is 0 Å². The lowest BCUT2D eigenvalue weighted by atomic mass is 10.1. The van der Waals surface area contributed by atoms with Crippen molar-refractivity contribution in [1.29, 1.82) is 0 Å². The Kier molecular flexibility index (Phi) is 3.01. The van der Waals surface area contributed by atoms with E-state index in [1.54, 1.807) is 0 Å². The lowest BCUT2D eigenvalue weighted by Crippen LogP contribution is -2.43. The number of imide groups is 1. The van der Waals surface area contributed by atoms with Crippen LogP contribution in [-0.4, -0.2) is 23.3 Å². The molecule has 84 valence electrons. The molecule has 4 heteroatoms. The third-order valence-corrected chi connectivity index (χ3v) is 3.32. The lowest BCUT2D eigenvalue weighted by Gasteiger charge is -2.25. The Balaban J connectivity index is 2.41. The molecule has 0 N–H and O–H groups in total. The smallest absolute Gasteiger partial charge is 0.243 e. The summed E-state index contributed by atoms with van der Waals surface area (Å²) in [5, 5.41) is 0. The van der Waals surface area contributed by atoms with Gasteiger partial charge in [-0.15, -0.1) is 11.8 Å². The van der Waals surface area contributed by atoms with Crippen LogP contribution in [0.25, 0.3) is 0 Å². The van der Waals surface area contributed by atoms with Crippen LogP contribution in [0.4, 0.5) is 5.69 Å². The normalized spacial score (nSPS) is 16.8. The molecular weight excluding hydrogens is 222 g/mol. The molecule has 0 aliphatic carbocycles.